The number of carbonyl (C=O) groups excluding carboxylic acids is 1. The topological polar surface area (TPSA) is 143 Å². The van der Waals surface area contributed by atoms with Gasteiger partial charge in [0.1, 0.15) is 17.1 Å². The molecule has 0 saturated carbocycles. The molecule has 0 radical (unpaired) electrons. The third-order valence-electron chi connectivity index (χ3n) is 5.43. The Balaban J connectivity index is 1.63. The minimum absolute atomic E-state index is 0.0201. The van der Waals surface area contributed by atoms with E-state index >= 15 is 0 Å². The first kappa shape index (κ1) is 30.3. The van der Waals surface area contributed by atoms with Gasteiger partial charge in [-0.1, -0.05) is 51.4 Å². The second-order valence-electron chi connectivity index (χ2n) is 8.27. The Kier molecular flexibility index (Phi) is 13.7. The highest BCUT2D eigenvalue weighted by atomic mass is 32.3. The maximum absolute atomic E-state index is 12.7. The lowest BCUT2D eigenvalue weighted by atomic mass is 10.1. The molecule has 206 valence electrons. The van der Waals surface area contributed by atoms with E-state index in [9.17, 15) is 13.2 Å². The van der Waals surface area contributed by atoms with Crippen LogP contribution >= 0.6 is 0 Å². The molecule has 0 fully saturated rings. The van der Waals surface area contributed by atoms with Gasteiger partial charge in [-0.15, -0.1) is 0 Å². The summed E-state index contributed by atoms with van der Waals surface area (Å²) < 4.78 is 55.1. The van der Waals surface area contributed by atoms with Gasteiger partial charge in [0.2, 0.25) is 5.88 Å². The van der Waals surface area contributed by atoms with Crippen LogP contribution in [0.3, 0.4) is 0 Å². The van der Waals surface area contributed by atoms with Crippen molar-refractivity contribution in [3.05, 3.63) is 36.0 Å². The monoisotopic (exact) mass is 540 g/mol. The predicted octanol–water partition coefficient (Wildman–Crippen LogP) is 5.16. The Labute approximate surface area is 218 Å². The van der Waals surface area contributed by atoms with Crippen LogP contribution < -0.4 is 14.2 Å². The van der Waals surface area contributed by atoms with Gasteiger partial charge in [-0.3, -0.25) is 4.55 Å². The van der Waals surface area contributed by atoms with Crippen molar-refractivity contribution in [2.45, 2.75) is 64.2 Å². The lowest BCUT2D eigenvalue weighted by Gasteiger charge is -2.12. The number of aromatic nitrogens is 2. The van der Waals surface area contributed by atoms with Gasteiger partial charge in [0.25, 0.3) is 0 Å². The summed E-state index contributed by atoms with van der Waals surface area (Å²) in [6.07, 6.45) is 11.2. The van der Waals surface area contributed by atoms with Gasteiger partial charge in [-0.25, -0.2) is 14.0 Å². The Morgan fingerprint density at radius 1 is 0.865 bits per heavy atom. The standard InChI is InChI=1S/C25H36N2O9S/c1-32-20-13-14-22(36-25-26-16-15-23(27-25)33-2)21(19-20)24(28)34-17-11-9-7-5-3-4-6-8-10-12-18-35-37(29,30)31/h13-16,19H,3-12,17-18H2,1-2H3,(H,29,30,31). The van der Waals surface area contributed by atoms with E-state index in [1.807, 2.05) is 0 Å². The summed E-state index contributed by atoms with van der Waals surface area (Å²) in [5.74, 6) is 0.576. The van der Waals surface area contributed by atoms with Crippen molar-refractivity contribution >= 4 is 16.4 Å². The molecule has 0 atom stereocenters. The zero-order chi connectivity index (χ0) is 26.9. The Hall–Kier alpha value is -2.96. The minimum Gasteiger partial charge on any atom is -0.497 e. The fourth-order valence-electron chi connectivity index (χ4n) is 3.50. The van der Waals surface area contributed by atoms with Crippen LogP contribution in [0.4, 0.5) is 0 Å². The molecule has 1 heterocycles. The Morgan fingerprint density at radius 2 is 1.49 bits per heavy atom. The summed E-state index contributed by atoms with van der Waals surface area (Å²) in [5.41, 5.74) is 0.218. The summed E-state index contributed by atoms with van der Waals surface area (Å²) in [7, 11) is -1.32. The number of methoxy groups -OCH3 is 2. The first-order chi connectivity index (χ1) is 17.8. The van der Waals surface area contributed by atoms with Crippen LogP contribution in [-0.4, -0.2) is 56.3 Å². The smallest absolute Gasteiger partial charge is 0.397 e. The molecule has 0 aliphatic carbocycles. The number of benzene rings is 1. The number of ether oxygens (including phenoxy) is 4. The molecule has 0 amide bonds. The van der Waals surface area contributed by atoms with Crippen molar-refractivity contribution < 1.29 is 40.9 Å². The lowest BCUT2D eigenvalue weighted by Crippen LogP contribution is -2.09. The third-order valence-corrected chi connectivity index (χ3v) is 5.89. The second kappa shape index (κ2) is 16.7. The number of rotatable bonds is 19. The van der Waals surface area contributed by atoms with Crippen molar-refractivity contribution in [3.8, 4) is 23.4 Å². The van der Waals surface area contributed by atoms with Gasteiger partial charge < -0.3 is 18.9 Å². The summed E-state index contributed by atoms with van der Waals surface area (Å²) >= 11 is 0. The molecule has 0 unspecified atom stereocenters. The molecule has 0 aliphatic rings. The molecular weight excluding hydrogens is 504 g/mol. The molecule has 37 heavy (non-hydrogen) atoms. The zero-order valence-electron chi connectivity index (χ0n) is 21.4. The van der Waals surface area contributed by atoms with E-state index in [2.05, 4.69) is 14.2 Å². The van der Waals surface area contributed by atoms with E-state index in [1.54, 1.807) is 24.3 Å². The normalized spacial score (nSPS) is 11.2. The number of unbranched alkanes of at least 4 members (excludes halogenated alkanes) is 9. The van der Waals surface area contributed by atoms with Crippen LogP contribution in [0, 0.1) is 0 Å². The predicted molar refractivity (Wildman–Crippen MR) is 136 cm³/mol. The van der Waals surface area contributed by atoms with Crippen LogP contribution in [-0.2, 0) is 19.3 Å². The Bertz CT molecular complexity index is 1060. The minimum atomic E-state index is -4.32. The molecule has 12 heteroatoms. The highest BCUT2D eigenvalue weighted by molar-refractivity contribution is 7.80. The van der Waals surface area contributed by atoms with Crippen LogP contribution in [0.25, 0.3) is 0 Å². The van der Waals surface area contributed by atoms with E-state index < -0.39 is 16.4 Å². The van der Waals surface area contributed by atoms with Gasteiger partial charge in [-0.2, -0.15) is 13.4 Å². The van der Waals surface area contributed by atoms with Crippen molar-refractivity contribution in [2.75, 3.05) is 27.4 Å². The van der Waals surface area contributed by atoms with Gasteiger partial charge in [-0.05, 0) is 31.0 Å². The average Bonchev–Trinajstić information content (AvgIpc) is 2.88. The van der Waals surface area contributed by atoms with Crippen molar-refractivity contribution in [1.82, 2.24) is 9.97 Å². The second-order valence-corrected chi connectivity index (χ2v) is 9.36. The molecule has 0 spiro atoms. The van der Waals surface area contributed by atoms with Crippen molar-refractivity contribution in [2.24, 2.45) is 0 Å². The summed E-state index contributed by atoms with van der Waals surface area (Å²) in [5, 5.41) is 0. The van der Waals surface area contributed by atoms with Crippen LogP contribution in [0.15, 0.2) is 30.5 Å². The highest BCUT2D eigenvalue weighted by Crippen LogP contribution is 2.28. The third kappa shape index (κ3) is 12.7. The van der Waals surface area contributed by atoms with Gasteiger partial charge in [0.05, 0.1) is 27.4 Å². The molecule has 0 bridgehead atoms. The molecular formula is C25H36N2O9S. The molecule has 1 aromatic heterocycles. The van der Waals surface area contributed by atoms with E-state index in [1.165, 1.54) is 20.4 Å². The van der Waals surface area contributed by atoms with Crippen LogP contribution in [0.5, 0.6) is 23.4 Å². The SMILES string of the molecule is COc1ccc(Oc2nccc(OC)n2)c(C(=O)OCCCCCCCCCCCCOS(=O)(=O)O)c1. The fraction of sp³-hybridized carbons (Fsp3) is 0.560. The molecule has 0 aliphatic heterocycles. The molecule has 2 rings (SSSR count). The highest BCUT2D eigenvalue weighted by Gasteiger charge is 2.17. The van der Waals surface area contributed by atoms with Crippen LogP contribution in [0.2, 0.25) is 0 Å². The number of hydrogen-bond acceptors (Lipinski definition) is 10. The molecule has 11 nitrogen and oxygen atoms in total. The van der Waals surface area contributed by atoms with Gasteiger partial charge >= 0.3 is 22.4 Å². The summed E-state index contributed by atoms with van der Waals surface area (Å²) in [6, 6.07) is 6.46. The maximum Gasteiger partial charge on any atom is 0.397 e. The van der Waals surface area contributed by atoms with E-state index in [0.29, 0.717) is 24.7 Å². The average molecular weight is 541 g/mol. The van der Waals surface area contributed by atoms with Gasteiger partial charge in [0, 0.05) is 12.3 Å². The Morgan fingerprint density at radius 3 is 2.08 bits per heavy atom. The van der Waals surface area contributed by atoms with Crippen LogP contribution in [0.1, 0.15) is 74.6 Å². The fourth-order valence-corrected chi connectivity index (χ4v) is 3.82. The maximum atomic E-state index is 12.7. The first-order valence-corrected chi connectivity index (χ1v) is 13.7. The number of carbonyl (C=O) groups is 1. The first-order valence-electron chi connectivity index (χ1n) is 12.3. The van der Waals surface area contributed by atoms with E-state index in [4.69, 9.17) is 23.5 Å². The van der Waals surface area contributed by atoms with Crippen molar-refractivity contribution in [3.63, 3.8) is 0 Å². The van der Waals surface area contributed by atoms with E-state index in [-0.39, 0.29) is 23.9 Å². The van der Waals surface area contributed by atoms with E-state index in [0.717, 1.165) is 57.8 Å². The number of esters is 1. The lowest BCUT2D eigenvalue weighted by molar-refractivity contribution is 0.0494. The largest absolute Gasteiger partial charge is 0.497 e. The van der Waals surface area contributed by atoms with Gasteiger partial charge in [0.15, 0.2) is 0 Å². The summed E-state index contributed by atoms with van der Waals surface area (Å²) in [4.78, 5) is 20.9. The molecule has 1 aromatic carbocycles. The number of nitrogens with zero attached hydrogens (tertiary/aromatic N) is 2. The number of hydrogen-bond donors (Lipinski definition) is 1. The molecule has 2 aromatic rings. The van der Waals surface area contributed by atoms with Crippen molar-refractivity contribution in [1.29, 1.82) is 0 Å². The zero-order valence-corrected chi connectivity index (χ0v) is 22.2. The quantitative estimate of drug-likeness (QED) is 0.143. The molecule has 0 saturated heterocycles. The molecule has 1 N–H and O–H groups in total. The summed E-state index contributed by atoms with van der Waals surface area (Å²) in [6.45, 7) is 0.322.